The Morgan fingerprint density at radius 3 is 2.44 bits per heavy atom. The van der Waals surface area contributed by atoms with Crippen molar-refractivity contribution in [1.29, 1.82) is 0 Å². The third-order valence-electron chi connectivity index (χ3n) is 2.85. The molecule has 0 nitrogen and oxygen atoms in total. The van der Waals surface area contributed by atoms with Crippen molar-refractivity contribution in [3.63, 3.8) is 0 Å². The molecule has 0 heteroatoms. The first-order chi connectivity index (χ1) is 7.74. The van der Waals surface area contributed by atoms with E-state index in [1.165, 1.54) is 17.5 Å². The van der Waals surface area contributed by atoms with Crippen molar-refractivity contribution in [2.75, 3.05) is 0 Å². The van der Waals surface area contributed by atoms with Gasteiger partial charge < -0.3 is 0 Å². The molecule has 1 rings (SSSR count). The van der Waals surface area contributed by atoms with Crippen LogP contribution < -0.4 is 0 Å². The van der Waals surface area contributed by atoms with Crippen molar-refractivity contribution < 1.29 is 0 Å². The van der Waals surface area contributed by atoms with Crippen LogP contribution in [0.4, 0.5) is 0 Å². The van der Waals surface area contributed by atoms with E-state index in [9.17, 15) is 0 Å². The fourth-order valence-electron chi connectivity index (χ4n) is 1.69. The molecule has 0 aliphatic heterocycles. The third-order valence-corrected chi connectivity index (χ3v) is 2.85. The van der Waals surface area contributed by atoms with Crippen molar-refractivity contribution in [2.45, 2.75) is 39.5 Å². The Balaban J connectivity index is 2.40. The zero-order chi connectivity index (χ0) is 11.8. The maximum absolute atomic E-state index is 2.30. The van der Waals surface area contributed by atoms with Gasteiger partial charge in [0.05, 0.1) is 0 Å². The highest BCUT2D eigenvalue weighted by molar-refractivity contribution is 5.24. The Morgan fingerprint density at radius 2 is 1.81 bits per heavy atom. The topological polar surface area (TPSA) is 0 Å². The van der Waals surface area contributed by atoms with Gasteiger partial charge in [0, 0.05) is 0 Å². The zero-order valence-corrected chi connectivity index (χ0v) is 10.6. The quantitative estimate of drug-likeness (QED) is 0.604. The van der Waals surface area contributed by atoms with E-state index in [0.29, 0.717) is 5.92 Å². The van der Waals surface area contributed by atoms with Crippen LogP contribution in [0.3, 0.4) is 0 Å². The summed E-state index contributed by atoms with van der Waals surface area (Å²) in [5, 5.41) is 0. The van der Waals surface area contributed by atoms with Gasteiger partial charge in [-0.1, -0.05) is 61.1 Å². The Kier molecular flexibility index (Phi) is 5.63. The first kappa shape index (κ1) is 12.8. The standard InChI is InChI=1S/C16H22/c1-4-5-6-7-8-9-15(3)16-12-10-14(2)11-13-16/h4-7,10-13,15H,8-9H2,1-3H3/b5-4+,7-6+. The Hall–Kier alpha value is -1.30. The molecule has 16 heavy (non-hydrogen) atoms. The molecule has 0 aromatic heterocycles. The minimum absolute atomic E-state index is 0.649. The lowest BCUT2D eigenvalue weighted by atomic mass is 9.95. The monoisotopic (exact) mass is 214 g/mol. The molecule has 0 radical (unpaired) electrons. The van der Waals surface area contributed by atoms with Gasteiger partial charge in [-0.05, 0) is 38.2 Å². The highest BCUT2D eigenvalue weighted by Crippen LogP contribution is 2.20. The van der Waals surface area contributed by atoms with E-state index in [-0.39, 0.29) is 0 Å². The SMILES string of the molecule is C/C=C/C=C/CCC(C)c1ccc(C)cc1. The molecule has 0 saturated carbocycles. The number of hydrogen-bond acceptors (Lipinski definition) is 0. The van der Waals surface area contributed by atoms with Gasteiger partial charge in [0.2, 0.25) is 0 Å². The van der Waals surface area contributed by atoms with Crippen molar-refractivity contribution >= 4 is 0 Å². The van der Waals surface area contributed by atoms with Crippen LogP contribution in [0.2, 0.25) is 0 Å². The molecule has 0 fully saturated rings. The van der Waals surface area contributed by atoms with Crippen LogP contribution in [0.1, 0.15) is 43.7 Å². The molecule has 1 unspecified atom stereocenters. The fraction of sp³-hybridized carbons (Fsp3) is 0.375. The van der Waals surface area contributed by atoms with Gasteiger partial charge >= 0.3 is 0 Å². The molecule has 0 heterocycles. The highest BCUT2D eigenvalue weighted by atomic mass is 14.1. The fourth-order valence-corrected chi connectivity index (χ4v) is 1.69. The van der Waals surface area contributed by atoms with Crippen molar-refractivity contribution in [3.05, 3.63) is 59.7 Å². The molecule has 0 aliphatic carbocycles. The average molecular weight is 214 g/mol. The number of hydrogen-bond donors (Lipinski definition) is 0. The van der Waals surface area contributed by atoms with E-state index in [4.69, 9.17) is 0 Å². The number of allylic oxidation sites excluding steroid dienone is 4. The number of aryl methyl sites for hydroxylation is 1. The molecule has 0 saturated heterocycles. The van der Waals surface area contributed by atoms with E-state index in [1.54, 1.807) is 0 Å². The molecule has 0 aliphatic rings. The van der Waals surface area contributed by atoms with Crippen LogP contribution in [-0.4, -0.2) is 0 Å². The van der Waals surface area contributed by atoms with Crippen molar-refractivity contribution in [2.24, 2.45) is 0 Å². The lowest BCUT2D eigenvalue weighted by molar-refractivity contribution is 0.690. The van der Waals surface area contributed by atoms with Gasteiger partial charge in [-0.3, -0.25) is 0 Å². The summed E-state index contributed by atoms with van der Waals surface area (Å²) in [6.07, 6.45) is 10.9. The van der Waals surface area contributed by atoms with Crippen LogP contribution in [0.5, 0.6) is 0 Å². The van der Waals surface area contributed by atoms with Crippen LogP contribution in [0, 0.1) is 6.92 Å². The summed E-state index contributed by atoms with van der Waals surface area (Å²) < 4.78 is 0. The Morgan fingerprint density at radius 1 is 1.12 bits per heavy atom. The number of rotatable bonds is 5. The average Bonchev–Trinajstić information content (AvgIpc) is 2.29. The van der Waals surface area contributed by atoms with Crippen LogP contribution >= 0.6 is 0 Å². The lowest BCUT2D eigenvalue weighted by Gasteiger charge is -2.10. The van der Waals surface area contributed by atoms with Gasteiger partial charge in [0.1, 0.15) is 0 Å². The summed E-state index contributed by atoms with van der Waals surface area (Å²) in [6.45, 7) is 6.47. The Bertz CT molecular complexity index is 341. The molecule has 0 spiro atoms. The normalized spacial score (nSPS) is 13.7. The van der Waals surface area contributed by atoms with E-state index >= 15 is 0 Å². The molecular formula is C16H22. The van der Waals surface area contributed by atoms with Gasteiger partial charge in [0.25, 0.3) is 0 Å². The second kappa shape index (κ2) is 7.05. The maximum Gasteiger partial charge on any atom is -0.0187 e. The summed E-state index contributed by atoms with van der Waals surface area (Å²) in [6, 6.07) is 8.88. The Labute approximate surface area is 99.7 Å². The molecule has 0 N–H and O–H groups in total. The third kappa shape index (κ3) is 4.48. The summed E-state index contributed by atoms with van der Waals surface area (Å²) >= 11 is 0. The second-order valence-corrected chi connectivity index (χ2v) is 4.34. The summed E-state index contributed by atoms with van der Waals surface area (Å²) in [5.41, 5.74) is 2.79. The molecular weight excluding hydrogens is 192 g/mol. The van der Waals surface area contributed by atoms with E-state index < -0.39 is 0 Å². The molecule has 0 amide bonds. The summed E-state index contributed by atoms with van der Waals surface area (Å²) in [4.78, 5) is 0. The molecule has 1 aromatic carbocycles. The molecule has 0 bridgehead atoms. The smallest absolute Gasteiger partial charge is 0.0187 e. The van der Waals surface area contributed by atoms with Crippen molar-refractivity contribution in [1.82, 2.24) is 0 Å². The van der Waals surface area contributed by atoms with Gasteiger partial charge in [-0.2, -0.15) is 0 Å². The van der Waals surface area contributed by atoms with E-state index in [1.807, 2.05) is 6.92 Å². The summed E-state index contributed by atoms with van der Waals surface area (Å²) in [5.74, 6) is 0.649. The van der Waals surface area contributed by atoms with Crippen LogP contribution in [-0.2, 0) is 0 Å². The molecule has 1 atom stereocenters. The first-order valence-electron chi connectivity index (χ1n) is 6.08. The molecule has 86 valence electrons. The largest absolute Gasteiger partial charge is 0.0877 e. The predicted molar refractivity (Wildman–Crippen MR) is 72.8 cm³/mol. The van der Waals surface area contributed by atoms with Gasteiger partial charge in [-0.15, -0.1) is 0 Å². The zero-order valence-electron chi connectivity index (χ0n) is 10.6. The molecule has 1 aromatic rings. The second-order valence-electron chi connectivity index (χ2n) is 4.34. The maximum atomic E-state index is 2.30. The summed E-state index contributed by atoms with van der Waals surface area (Å²) in [7, 11) is 0. The van der Waals surface area contributed by atoms with Gasteiger partial charge in [0.15, 0.2) is 0 Å². The first-order valence-corrected chi connectivity index (χ1v) is 6.08. The van der Waals surface area contributed by atoms with E-state index in [0.717, 1.165) is 6.42 Å². The highest BCUT2D eigenvalue weighted by Gasteiger charge is 2.03. The van der Waals surface area contributed by atoms with E-state index in [2.05, 4.69) is 62.4 Å². The van der Waals surface area contributed by atoms with Gasteiger partial charge in [-0.25, -0.2) is 0 Å². The van der Waals surface area contributed by atoms with Crippen LogP contribution in [0.15, 0.2) is 48.6 Å². The lowest BCUT2D eigenvalue weighted by Crippen LogP contribution is -1.92. The number of benzene rings is 1. The minimum Gasteiger partial charge on any atom is -0.0877 e. The minimum atomic E-state index is 0.649. The van der Waals surface area contributed by atoms with Crippen LogP contribution in [0.25, 0.3) is 0 Å². The predicted octanol–water partition coefficient (Wildman–Crippen LogP) is 5.01. The van der Waals surface area contributed by atoms with Crippen molar-refractivity contribution in [3.8, 4) is 0 Å².